The number of fused-ring (bicyclic) bond motifs is 1. The third-order valence-electron chi connectivity index (χ3n) is 2.74. The van der Waals surface area contributed by atoms with Crippen LogP contribution in [0.1, 0.15) is 27.2 Å². The number of nitrogens with zero attached hydrogens (tertiary/aromatic N) is 1. The summed E-state index contributed by atoms with van der Waals surface area (Å²) in [4.78, 5) is 15.6. The molecule has 3 N–H and O–H groups in total. The van der Waals surface area contributed by atoms with Gasteiger partial charge in [0, 0.05) is 11.9 Å². The molecular formula is C13H14N2O2. The van der Waals surface area contributed by atoms with E-state index in [1.54, 1.807) is 6.07 Å². The van der Waals surface area contributed by atoms with Crippen LogP contribution >= 0.6 is 0 Å². The highest BCUT2D eigenvalue weighted by Gasteiger charge is 2.13. The standard InChI is InChI=1S/C13H14N2O2/c1-7-3-8(2)12-10(4-7)11(13(16)17)5-9(6-14)15-12/h3-5H,6,14H2,1-2H3,(H,16,17). The van der Waals surface area contributed by atoms with E-state index in [0.29, 0.717) is 11.1 Å². The number of hydrogen-bond donors (Lipinski definition) is 2. The van der Waals surface area contributed by atoms with Crippen LogP contribution in [-0.4, -0.2) is 16.1 Å². The topological polar surface area (TPSA) is 76.2 Å². The third-order valence-corrected chi connectivity index (χ3v) is 2.74. The maximum Gasteiger partial charge on any atom is 0.336 e. The molecule has 4 heteroatoms. The number of carbonyl (C=O) groups is 1. The smallest absolute Gasteiger partial charge is 0.336 e. The molecule has 17 heavy (non-hydrogen) atoms. The van der Waals surface area contributed by atoms with Gasteiger partial charge in [0.2, 0.25) is 0 Å². The lowest BCUT2D eigenvalue weighted by Crippen LogP contribution is -2.06. The molecule has 0 radical (unpaired) electrons. The number of benzene rings is 1. The molecule has 2 aromatic rings. The van der Waals surface area contributed by atoms with Gasteiger partial charge in [-0.3, -0.25) is 4.98 Å². The highest BCUT2D eigenvalue weighted by Crippen LogP contribution is 2.23. The molecule has 0 spiro atoms. The average Bonchev–Trinajstić information content (AvgIpc) is 2.27. The summed E-state index contributed by atoms with van der Waals surface area (Å²) in [6.07, 6.45) is 0. The van der Waals surface area contributed by atoms with Crippen molar-refractivity contribution in [2.75, 3.05) is 0 Å². The minimum absolute atomic E-state index is 0.240. The lowest BCUT2D eigenvalue weighted by molar-refractivity contribution is 0.0699. The Labute approximate surface area is 99.1 Å². The van der Waals surface area contributed by atoms with Crippen molar-refractivity contribution in [3.63, 3.8) is 0 Å². The van der Waals surface area contributed by atoms with Crippen molar-refractivity contribution < 1.29 is 9.90 Å². The van der Waals surface area contributed by atoms with Gasteiger partial charge in [-0.2, -0.15) is 0 Å². The van der Waals surface area contributed by atoms with Crippen LogP contribution in [0.4, 0.5) is 0 Å². The molecule has 0 fully saturated rings. The summed E-state index contributed by atoms with van der Waals surface area (Å²) in [6, 6.07) is 5.38. The number of carboxylic acids is 1. The summed E-state index contributed by atoms with van der Waals surface area (Å²) in [5.74, 6) is -0.947. The Kier molecular flexibility index (Phi) is 2.81. The Morgan fingerprint density at radius 1 is 1.35 bits per heavy atom. The molecule has 0 bridgehead atoms. The summed E-state index contributed by atoms with van der Waals surface area (Å²) in [5.41, 5.74) is 9.12. The van der Waals surface area contributed by atoms with Crippen molar-refractivity contribution >= 4 is 16.9 Å². The van der Waals surface area contributed by atoms with Crippen LogP contribution in [0.15, 0.2) is 18.2 Å². The Hall–Kier alpha value is -1.94. The molecule has 0 unspecified atom stereocenters. The quantitative estimate of drug-likeness (QED) is 0.827. The van der Waals surface area contributed by atoms with E-state index in [1.807, 2.05) is 26.0 Å². The Balaban J connectivity index is 2.90. The lowest BCUT2D eigenvalue weighted by atomic mass is 10.0. The number of nitrogens with two attached hydrogens (primary N) is 1. The highest BCUT2D eigenvalue weighted by molar-refractivity contribution is 6.03. The van der Waals surface area contributed by atoms with Crippen molar-refractivity contribution in [3.8, 4) is 0 Å². The van der Waals surface area contributed by atoms with E-state index in [1.165, 1.54) is 0 Å². The highest BCUT2D eigenvalue weighted by atomic mass is 16.4. The van der Waals surface area contributed by atoms with Gasteiger partial charge < -0.3 is 10.8 Å². The largest absolute Gasteiger partial charge is 0.478 e. The molecule has 0 aliphatic carbocycles. The minimum Gasteiger partial charge on any atom is -0.478 e. The van der Waals surface area contributed by atoms with Gasteiger partial charge in [0.25, 0.3) is 0 Å². The molecule has 0 atom stereocenters. The maximum atomic E-state index is 11.2. The number of rotatable bonds is 2. The number of carboxylic acid groups (broad SMARTS) is 1. The van der Waals surface area contributed by atoms with Gasteiger partial charge >= 0.3 is 5.97 Å². The fraction of sp³-hybridized carbons (Fsp3) is 0.231. The van der Waals surface area contributed by atoms with Gasteiger partial charge in [0.15, 0.2) is 0 Å². The molecule has 1 aromatic carbocycles. The van der Waals surface area contributed by atoms with Crippen molar-refractivity contribution in [2.45, 2.75) is 20.4 Å². The van der Waals surface area contributed by atoms with Gasteiger partial charge in [-0.25, -0.2) is 4.79 Å². The van der Waals surface area contributed by atoms with Gasteiger partial charge in [-0.15, -0.1) is 0 Å². The van der Waals surface area contributed by atoms with Crippen LogP contribution < -0.4 is 5.73 Å². The molecule has 2 rings (SSSR count). The third kappa shape index (κ3) is 1.99. The van der Waals surface area contributed by atoms with E-state index >= 15 is 0 Å². The van der Waals surface area contributed by atoms with Gasteiger partial charge in [-0.05, 0) is 31.5 Å². The first-order chi connectivity index (χ1) is 8.02. The van der Waals surface area contributed by atoms with Crippen LogP contribution in [-0.2, 0) is 6.54 Å². The number of pyridine rings is 1. The molecule has 0 aliphatic heterocycles. The van der Waals surface area contributed by atoms with E-state index in [4.69, 9.17) is 5.73 Å². The van der Waals surface area contributed by atoms with Crippen LogP contribution in [0.3, 0.4) is 0 Å². The van der Waals surface area contributed by atoms with Gasteiger partial charge in [0.1, 0.15) is 0 Å². The zero-order valence-corrected chi connectivity index (χ0v) is 9.82. The Bertz CT molecular complexity index is 606. The minimum atomic E-state index is -0.947. The van der Waals surface area contributed by atoms with Crippen LogP contribution in [0.2, 0.25) is 0 Å². The fourth-order valence-electron chi connectivity index (χ4n) is 2.02. The predicted octanol–water partition coefficient (Wildman–Crippen LogP) is 2.01. The van der Waals surface area contributed by atoms with Gasteiger partial charge in [-0.1, -0.05) is 11.6 Å². The zero-order valence-electron chi connectivity index (χ0n) is 9.82. The summed E-state index contributed by atoms with van der Waals surface area (Å²) >= 11 is 0. The molecule has 4 nitrogen and oxygen atoms in total. The van der Waals surface area contributed by atoms with Crippen molar-refractivity contribution in [2.24, 2.45) is 5.73 Å². The van der Waals surface area contributed by atoms with E-state index in [9.17, 15) is 9.90 Å². The summed E-state index contributed by atoms with van der Waals surface area (Å²) < 4.78 is 0. The van der Waals surface area contributed by atoms with Crippen molar-refractivity contribution in [1.29, 1.82) is 0 Å². The first-order valence-corrected chi connectivity index (χ1v) is 5.37. The normalized spacial score (nSPS) is 10.8. The fourth-order valence-corrected chi connectivity index (χ4v) is 2.02. The Morgan fingerprint density at radius 3 is 2.65 bits per heavy atom. The zero-order chi connectivity index (χ0) is 12.6. The average molecular weight is 230 g/mol. The second-order valence-corrected chi connectivity index (χ2v) is 4.15. The van der Waals surface area contributed by atoms with Gasteiger partial charge in [0.05, 0.1) is 16.8 Å². The lowest BCUT2D eigenvalue weighted by Gasteiger charge is -2.09. The molecule has 1 heterocycles. The number of aryl methyl sites for hydroxylation is 2. The molecule has 1 aromatic heterocycles. The molecule has 0 amide bonds. The predicted molar refractivity (Wildman–Crippen MR) is 66.1 cm³/mol. The molecular weight excluding hydrogens is 216 g/mol. The second-order valence-electron chi connectivity index (χ2n) is 4.15. The molecule has 0 saturated heterocycles. The van der Waals surface area contributed by atoms with E-state index in [-0.39, 0.29) is 12.1 Å². The molecule has 0 aliphatic rings. The second kappa shape index (κ2) is 4.14. The van der Waals surface area contributed by atoms with E-state index < -0.39 is 5.97 Å². The summed E-state index contributed by atoms with van der Waals surface area (Å²) in [7, 11) is 0. The molecule has 0 saturated carbocycles. The van der Waals surface area contributed by atoms with Crippen molar-refractivity contribution in [3.05, 3.63) is 40.6 Å². The summed E-state index contributed by atoms with van der Waals surface area (Å²) in [5, 5.41) is 9.89. The van der Waals surface area contributed by atoms with E-state index in [0.717, 1.165) is 16.6 Å². The molecule has 88 valence electrons. The van der Waals surface area contributed by atoms with Crippen LogP contribution in [0.5, 0.6) is 0 Å². The van der Waals surface area contributed by atoms with Crippen molar-refractivity contribution in [1.82, 2.24) is 4.98 Å². The first-order valence-electron chi connectivity index (χ1n) is 5.37. The van der Waals surface area contributed by atoms with Crippen LogP contribution in [0.25, 0.3) is 10.9 Å². The van der Waals surface area contributed by atoms with E-state index in [2.05, 4.69) is 4.98 Å². The summed E-state index contributed by atoms with van der Waals surface area (Å²) in [6.45, 7) is 4.10. The Morgan fingerprint density at radius 2 is 2.06 bits per heavy atom. The monoisotopic (exact) mass is 230 g/mol. The number of hydrogen-bond acceptors (Lipinski definition) is 3. The number of aromatic nitrogens is 1. The number of aromatic carboxylic acids is 1. The first kappa shape index (κ1) is 11.5. The van der Waals surface area contributed by atoms with Crippen LogP contribution in [0, 0.1) is 13.8 Å². The SMILES string of the molecule is Cc1cc(C)c2nc(CN)cc(C(=O)O)c2c1. The maximum absolute atomic E-state index is 11.2.